The summed E-state index contributed by atoms with van der Waals surface area (Å²) in [5.74, 6) is -0.0354. The fraction of sp³-hybridized carbons (Fsp3) is 0.850. The second-order valence-corrected chi connectivity index (χ2v) is 6.24. The van der Waals surface area contributed by atoms with E-state index in [-0.39, 0.29) is 5.97 Å². The maximum atomic E-state index is 12.5. The van der Waals surface area contributed by atoms with Crippen molar-refractivity contribution in [2.75, 3.05) is 6.61 Å². The monoisotopic (exact) mass is 310 g/mol. The zero-order valence-electron chi connectivity index (χ0n) is 15.5. The van der Waals surface area contributed by atoms with Crippen LogP contribution in [0.5, 0.6) is 0 Å². The maximum Gasteiger partial charge on any atom is 0.333 e. The van der Waals surface area contributed by atoms with Crippen LogP contribution in [0.1, 0.15) is 105 Å². The fourth-order valence-electron chi connectivity index (χ4n) is 2.58. The van der Waals surface area contributed by atoms with Crippen molar-refractivity contribution in [3.8, 4) is 0 Å². The van der Waals surface area contributed by atoms with Crippen LogP contribution in [0.25, 0.3) is 0 Å². The maximum absolute atomic E-state index is 12.5. The average molecular weight is 311 g/mol. The van der Waals surface area contributed by atoms with Crippen molar-refractivity contribution in [1.82, 2.24) is 0 Å². The topological polar surface area (TPSA) is 26.3 Å². The number of hydrogen-bond donors (Lipinski definition) is 0. The summed E-state index contributed by atoms with van der Waals surface area (Å²) in [6.07, 6.45) is 13.3. The van der Waals surface area contributed by atoms with E-state index >= 15 is 0 Å². The van der Waals surface area contributed by atoms with Gasteiger partial charge in [-0.15, -0.1) is 0 Å². The molecule has 0 fully saturated rings. The van der Waals surface area contributed by atoms with Crippen molar-refractivity contribution in [3.63, 3.8) is 0 Å². The molecule has 0 unspecified atom stereocenters. The number of carbonyl (C=O) groups is 1. The van der Waals surface area contributed by atoms with Crippen LogP contribution in [0, 0.1) is 0 Å². The normalized spacial score (nSPS) is 10.5. The van der Waals surface area contributed by atoms with E-state index in [1.54, 1.807) is 0 Å². The molecule has 0 aliphatic heterocycles. The van der Waals surface area contributed by atoms with E-state index < -0.39 is 0 Å². The van der Waals surface area contributed by atoms with Crippen LogP contribution in [0.4, 0.5) is 0 Å². The molecular weight excluding hydrogens is 272 g/mol. The molecule has 0 radical (unpaired) electrons. The molecule has 2 nitrogen and oxygen atoms in total. The lowest BCUT2D eigenvalue weighted by Gasteiger charge is -2.15. The van der Waals surface area contributed by atoms with Crippen LogP contribution in [0.3, 0.4) is 0 Å². The summed E-state index contributed by atoms with van der Waals surface area (Å²) in [6.45, 7) is 9.33. The van der Waals surface area contributed by atoms with Gasteiger partial charge in [0.15, 0.2) is 0 Å². The number of esters is 1. The summed E-state index contributed by atoms with van der Waals surface area (Å²) < 4.78 is 5.52. The number of allylic oxidation sites excluding steroid dienone is 1. The molecule has 0 heterocycles. The Morgan fingerprint density at radius 1 is 0.682 bits per heavy atom. The first-order chi connectivity index (χ1) is 10.7. The van der Waals surface area contributed by atoms with Crippen molar-refractivity contribution in [1.29, 1.82) is 0 Å². The molecule has 22 heavy (non-hydrogen) atoms. The molecule has 2 heteroatoms. The largest absolute Gasteiger partial charge is 0.462 e. The lowest BCUT2D eigenvalue weighted by Crippen LogP contribution is -2.12. The van der Waals surface area contributed by atoms with E-state index in [0.717, 1.165) is 44.1 Å². The highest BCUT2D eigenvalue weighted by Crippen LogP contribution is 2.24. The van der Waals surface area contributed by atoms with E-state index in [0.29, 0.717) is 6.61 Å². The third-order valence-electron chi connectivity index (χ3n) is 4.10. The Balaban J connectivity index is 4.95. The highest BCUT2D eigenvalue weighted by atomic mass is 16.5. The second kappa shape index (κ2) is 15.1. The van der Waals surface area contributed by atoms with Gasteiger partial charge < -0.3 is 4.74 Å². The van der Waals surface area contributed by atoms with Gasteiger partial charge in [0.05, 0.1) is 6.61 Å². The Labute approximate surface area is 138 Å². The summed E-state index contributed by atoms with van der Waals surface area (Å²) >= 11 is 0. The first-order valence-electron chi connectivity index (χ1n) is 9.59. The molecule has 0 rings (SSSR count). The van der Waals surface area contributed by atoms with E-state index in [1.807, 2.05) is 0 Å². The minimum atomic E-state index is -0.0354. The average Bonchev–Trinajstić information content (AvgIpc) is 2.52. The van der Waals surface area contributed by atoms with Gasteiger partial charge in [-0.05, 0) is 44.9 Å². The van der Waals surface area contributed by atoms with Crippen LogP contribution in [0.15, 0.2) is 11.1 Å². The standard InChI is InChI=1S/C20H38O2/c1-5-9-13-16-19(20(21)22-17-12-8-4)18(14-10-6-2)15-11-7-3/h5-17H2,1-4H3. The van der Waals surface area contributed by atoms with E-state index in [1.165, 1.54) is 44.1 Å². The van der Waals surface area contributed by atoms with Crippen molar-refractivity contribution < 1.29 is 9.53 Å². The molecule has 0 amide bonds. The number of unbranched alkanes of at least 4 members (excludes halogenated alkanes) is 5. The van der Waals surface area contributed by atoms with Crippen LogP contribution >= 0.6 is 0 Å². The van der Waals surface area contributed by atoms with E-state index in [9.17, 15) is 4.79 Å². The second-order valence-electron chi connectivity index (χ2n) is 6.24. The first-order valence-corrected chi connectivity index (χ1v) is 9.59. The third-order valence-corrected chi connectivity index (χ3v) is 4.10. The SMILES string of the molecule is CCCCCC(C(=O)OCCCC)=C(CCCC)CCCC. The molecule has 0 aromatic rings. The molecule has 0 aromatic carbocycles. The van der Waals surface area contributed by atoms with E-state index in [2.05, 4.69) is 27.7 Å². The molecule has 130 valence electrons. The van der Waals surface area contributed by atoms with Gasteiger partial charge in [-0.25, -0.2) is 4.79 Å². The van der Waals surface area contributed by atoms with Gasteiger partial charge in [-0.1, -0.05) is 65.4 Å². The lowest BCUT2D eigenvalue weighted by atomic mass is 9.94. The van der Waals surface area contributed by atoms with Gasteiger partial charge in [-0.3, -0.25) is 0 Å². The highest BCUT2D eigenvalue weighted by molar-refractivity contribution is 5.89. The predicted octanol–water partition coefficient (Wildman–Crippen LogP) is 6.59. The molecule has 0 aliphatic rings. The van der Waals surface area contributed by atoms with Gasteiger partial charge in [0.1, 0.15) is 0 Å². The molecule has 0 atom stereocenters. The van der Waals surface area contributed by atoms with Crippen LogP contribution in [-0.2, 0) is 9.53 Å². The van der Waals surface area contributed by atoms with Gasteiger partial charge in [-0.2, -0.15) is 0 Å². The molecule has 0 N–H and O–H groups in total. The number of hydrogen-bond acceptors (Lipinski definition) is 2. The Morgan fingerprint density at radius 2 is 1.23 bits per heavy atom. The summed E-state index contributed by atoms with van der Waals surface area (Å²) in [4.78, 5) is 12.5. The minimum Gasteiger partial charge on any atom is -0.462 e. The molecular formula is C20H38O2. The molecule has 0 saturated heterocycles. The fourth-order valence-corrected chi connectivity index (χ4v) is 2.58. The molecule has 0 saturated carbocycles. The minimum absolute atomic E-state index is 0.0354. The number of carbonyl (C=O) groups excluding carboxylic acids is 1. The van der Waals surface area contributed by atoms with E-state index in [4.69, 9.17) is 4.74 Å². The Kier molecular flexibility index (Phi) is 14.6. The van der Waals surface area contributed by atoms with Gasteiger partial charge in [0.25, 0.3) is 0 Å². The predicted molar refractivity (Wildman–Crippen MR) is 96.1 cm³/mol. The van der Waals surface area contributed by atoms with Gasteiger partial charge in [0.2, 0.25) is 0 Å². The van der Waals surface area contributed by atoms with Crippen molar-refractivity contribution >= 4 is 5.97 Å². The summed E-state index contributed by atoms with van der Waals surface area (Å²) in [5, 5.41) is 0. The van der Waals surface area contributed by atoms with Crippen molar-refractivity contribution in [2.24, 2.45) is 0 Å². The Hall–Kier alpha value is -0.790. The highest BCUT2D eigenvalue weighted by Gasteiger charge is 2.16. The van der Waals surface area contributed by atoms with Gasteiger partial charge in [0, 0.05) is 5.57 Å². The Bertz CT molecular complexity index is 295. The quantitative estimate of drug-likeness (QED) is 0.205. The van der Waals surface area contributed by atoms with Crippen LogP contribution in [0.2, 0.25) is 0 Å². The van der Waals surface area contributed by atoms with Crippen molar-refractivity contribution in [2.45, 2.75) is 105 Å². The molecule has 0 spiro atoms. The Morgan fingerprint density at radius 3 is 1.73 bits per heavy atom. The molecule has 0 aliphatic carbocycles. The smallest absolute Gasteiger partial charge is 0.333 e. The summed E-state index contributed by atoms with van der Waals surface area (Å²) in [6, 6.07) is 0. The van der Waals surface area contributed by atoms with Crippen LogP contribution < -0.4 is 0 Å². The summed E-state index contributed by atoms with van der Waals surface area (Å²) in [5.41, 5.74) is 2.38. The first kappa shape index (κ1) is 21.2. The van der Waals surface area contributed by atoms with Gasteiger partial charge >= 0.3 is 5.97 Å². The number of ether oxygens (including phenoxy) is 1. The number of rotatable bonds is 14. The lowest BCUT2D eigenvalue weighted by molar-refractivity contribution is -0.139. The van der Waals surface area contributed by atoms with Crippen molar-refractivity contribution in [3.05, 3.63) is 11.1 Å². The zero-order chi connectivity index (χ0) is 16.6. The zero-order valence-corrected chi connectivity index (χ0v) is 15.5. The van der Waals surface area contributed by atoms with Crippen LogP contribution in [-0.4, -0.2) is 12.6 Å². The summed E-state index contributed by atoms with van der Waals surface area (Å²) in [7, 11) is 0. The molecule has 0 aromatic heterocycles. The molecule has 0 bridgehead atoms. The third kappa shape index (κ3) is 10.0.